The maximum atomic E-state index is 12.3. The van der Waals surface area contributed by atoms with Crippen LogP contribution in [0.1, 0.15) is 46.0 Å². The van der Waals surface area contributed by atoms with Crippen LogP contribution in [0.25, 0.3) is 0 Å². The highest BCUT2D eigenvalue weighted by molar-refractivity contribution is 7.99. The van der Waals surface area contributed by atoms with E-state index in [2.05, 4.69) is 12.2 Å². The zero-order valence-electron chi connectivity index (χ0n) is 12.9. The maximum absolute atomic E-state index is 12.3. The third-order valence-electron chi connectivity index (χ3n) is 4.50. The largest absolute Gasteiger partial charge is 0.376 e. The van der Waals surface area contributed by atoms with Crippen LogP contribution < -0.4 is 5.32 Å². The van der Waals surface area contributed by atoms with Gasteiger partial charge >= 0.3 is 6.03 Å². The molecule has 0 bridgehead atoms. The number of nitrogens with one attached hydrogen (secondary N) is 1. The molecule has 2 rings (SSSR count). The molecule has 0 spiro atoms. The van der Waals surface area contributed by atoms with Gasteiger partial charge in [0.15, 0.2) is 0 Å². The summed E-state index contributed by atoms with van der Waals surface area (Å²) >= 11 is 2.03. The van der Waals surface area contributed by atoms with Gasteiger partial charge in [-0.15, -0.1) is 0 Å². The molecule has 0 radical (unpaired) electrons. The van der Waals surface area contributed by atoms with Gasteiger partial charge in [0, 0.05) is 24.9 Å². The van der Waals surface area contributed by atoms with Crippen molar-refractivity contribution in [2.24, 2.45) is 0 Å². The predicted octanol–water partition coefficient (Wildman–Crippen LogP) is 2.87. The molecule has 116 valence electrons. The quantitative estimate of drug-likeness (QED) is 0.849. The van der Waals surface area contributed by atoms with Crippen molar-refractivity contribution in [1.29, 1.82) is 0 Å². The van der Waals surface area contributed by atoms with Gasteiger partial charge in [-0.3, -0.25) is 0 Å². The van der Waals surface area contributed by atoms with E-state index in [0.29, 0.717) is 6.04 Å². The van der Waals surface area contributed by atoms with Crippen molar-refractivity contribution in [2.75, 3.05) is 19.4 Å². The first-order valence-electron chi connectivity index (χ1n) is 7.88. The molecule has 1 saturated carbocycles. The smallest absolute Gasteiger partial charge is 0.317 e. The minimum atomic E-state index is 0.0557. The van der Waals surface area contributed by atoms with Crippen LogP contribution in [0, 0.1) is 0 Å². The molecule has 1 N–H and O–H groups in total. The van der Waals surface area contributed by atoms with Crippen LogP contribution in [0.5, 0.6) is 0 Å². The van der Waals surface area contributed by atoms with Crippen molar-refractivity contribution in [2.45, 2.75) is 69.4 Å². The number of ether oxygens (including phenoxy) is 1. The van der Waals surface area contributed by atoms with Gasteiger partial charge in [-0.2, -0.15) is 11.8 Å². The maximum Gasteiger partial charge on any atom is 0.317 e. The third kappa shape index (κ3) is 4.04. The molecule has 0 aromatic carbocycles. The minimum Gasteiger partial charge on any atom is -0.376 e. The number of hydrogen-bond donors (Lipinski definition) is 1. The van der Waals surface area contributed by atoms with Crippen molar-refractivity contribution in [3.05, 3.63) is 0 Å². The van der Waals surface area contributed by atoms with Crippen molar-refractivity contribution < 1.29 is 9.53 Å². The van der Waals surface area contributed by atoms with Gasteiger partial charge in [-0.1, -0.05) is 6.92 Å². The molecule has 2 aliphatic rings. The first-order valence-corrected chi connectivity index (χ1v) is 8.93. The molecule has 2 amide bonds. The Kier molecular flexibility index (Phi) is 6.02. The van der Waals surface area contributed by atoms with Crippen molar-refractivity contribution in [1.82, 2.24) is 10.2 Å². The van der Waals surface area contributed by atoms with Gasteiger partial charge in [-0.05, 0) is 44.8 Å². The van der Waals surface area contributed by atoms with Crippen LogP contribution in [-0.2, 0) is 4.74 Å². The lowest BCUT2D eigenvalue weighted by molar-refractivity contribution is 0.0829. The second kappa shape index (κ2) is 7.55. The number of urea groups is 1. The Morgan fingerprint density at radius 1 is 1.45 bits per heavy atom. The summed E-state index contributed by atoms with van der Waals surface area (Å²) in [5.74, 6) is 1.17. The van der Waals surface area contributed by atoms with Crippen LogP contribution in [0.4, 0.5) is 4.79 Å². The van der Waals surface area contributed by atoms with Crippen LogP contribution in [-0.4, -0.2) is 53.8 Å². The third-order valence-corrected chi connectivity index (χ3v) is 5.73. The summed E-state index contributed by atoms with van der Waals surface area (Å²) in [5, 5.41) is 3.83. The minimum absolute atomic E-state index is 0.0557. The molecule has 4 atom stereocenters. The van der Waals surface area contributed by atoms with Crippen molar-refractivity contribution in [3.8, 4) is 0 Å². The Balaban J connectivity index is 1.77. The van der Waals surface area contributed by atoms with Gasteiger partial charge in [0.05, 0.1) is 12.1 Å². The Morgan fingerprint density at radius 3 is 2.90 bits per heavy atom. The fourth-order valence-electron chi connectivity index (χ4n) is 3.21. The highest BCUT2D eigenvalue weighted by atomic mass is 32.2. The number of carbonyl (C=O) groups is 1. The summed E-state index contributed by atoms with van der Waals surface area (Å²) in [4.78, 5) is 14.2. The van der Waals surface area contributed by atoms with Gasteiger partial charge < -0.3 is 15.0 Å². The molecule has 1 aliphatic carbocycles. The molecule has 0 aromatic heterocycles. The summed E-state index contributed by atoms with van der Waals surface area (Å²) in [7, 11) is 1.93. The molecule has 5 heteroatoms. The Bertz CT molecular complexity index is 321. The monoisotopic (exact) mass is 300 g/mol. The molecule has 20 heavy (non-hydrogen) atoms. The van der Waals surface area contributed by atoms with E-state index in [1.165, 1.54) is 12.2 Å². The summed E-state index contributed by atoms with van der Waals surface area (Å²) in [6, 6.07) is 0.561. The number of nitrogens with zero attached hydrogens (tertiary/aromatic N) is 1. The van der Waals surface area contributed by atoms with E-state index < -0.39 is 0 Å². The normalized spacial score (nSPS) is 31.2. The number of hydrogen-bond acceptors (Lipinski definition) is 3. The van der Waals surface area contributed by atoms with Crippen LogP contribution >= 0.6 is 11.8 Å². The number of amides is 2. The zero-order chi connectivity index (χ0) is 14.5. The van der Waals surface area contributed by atoms with Crippen LogP contribution in [0.15, 0.2) is 0 Å². The fourth-order valence-corrected chi connectivity index (χ4v) is 4.34. The molecule has 1 aliphatic heterocycles. The molecular weight excluding hydrogens is 272 g/mol. The fraction of sp³-hybridized carbons (Fsp3) is 0.933. The lowest BCUT2D eigenvalue weighted by Crippen LogP contribution is -2.49. The van der Waals surface area contributed by atoms with E-state index >= 15 is 0 Å². The lowest BCUT2D eigenvalue weighted by atomic mass is 10.1. The van der Waals surface area contributed by atoms with E-state index in [1.54, 1.807) is 0 Å². The van der Waals surface area contributed by atoms with Crippen molar-refractivity contribution >= 4 is 17.8 Å². The molecule has 4 nitrogen and oxygen atoms in total. The van der Waals surface area contributed by atoms with Gasteiger partial charge in [-0.25, -0.2) is 4.79 Å². The van der Waals surface area contributed by atoms with Gasteiger partial charge in [0.1, 0.15) is 0 Å². The molecule has 0 aromatic rings. The van der Waals surface area contributed by atoms with E-state index in [0.717, 1.165) is 37.5 Å². The van der Waals surface area contributed by atoms with Gasteiger partial charge in [0.25, 0.3) is 0 Å². The molecule has 2 fully saturated rings. The van der Waals surface area contributed by atoms with Gasteiger partial charge in [0.2, 0.25) is 0 Å². The van der Waals surface area contributed by atoms with Crippen LogP contribution in [0.2, 0.25) is 0 Å². The molecular formula is C15H28N2O2S. The number of rotatable bonds is 5. The average Bonchev–Trinajstić information content (AvgIpc) is 3.09. The van der Waals surface area contributed by atoms with Crippen LogP contribution in [0.3, 0.4) is 0 Å². The Morgan fingerprint density at radius 2 is 2.25 bits per heavy atom. The molecule has 1 heterocycles. The highest BCUT2D eigenvalue weighted by Crippen LogP contribution is 2.32. The standard InChI is InChI=1S/C15H28N2O2S/c1-4-20-13-8-7-12(10-13)17(3)15(18)16-11(2)14-6-5-9-19-14/h11-14H,4-10H2,1-3H3,(H,16,18)/t11-,12+,13-,14+/m1/s1. The van der Waals surface area contributed by atoms with E-state index in [1.807, 2.05) is 30.6 Å². The van der Waals surface area contributed by atoms with E-state index in [4.69, 9.17) is 4.74 Å². The second-order valence-electron chi connectivity index (χ2n) is 5.94. The van der Waals surface area contributed by atoms with E-state index in [9.17, 15) is 4.79 Å². The lowest BCUT2D eigenvalue weighted by Gasteiger charge is -2.28. The highest BCUT2D eigenvalue weighted by Gasteiger charge is 2.31. The number of thioether (sulfide) groups is 1. The predicted molar refractivity (Wildman–Crippen MR) is 84.3 cm³/mol. The van der Waals surface area contributed by atoms with Crippen molar-refractivity contribution in [3.63, 3.8) is 0 Å². The first kappa shape index (κ1) is 16.0. The Labute approximate surface area is 127 Å². The number of carbonyl (C=O) groups excluding carboxylic acids is 1. The topological polar surface area (TPSA) is 41.6 Å². The molecule has 0 unspecified atom stereocenters. The SMILES string of the molecule is CCS[C@@H]1CC[C@H](N(C)C(=O)N[C@H](C)[C@@H]2CCCO2)C1. The zero-order valence-corrected chi connectivity index (χ0v) is 13.7. The Hall–Kier alpha value is -0.420. The summed E-state index contributed by atoms with van der Waals surface area (Å²) in [6.07, 6.45) is 5.87. The second-order valence-corrected chi connectivity index (χ2v) is 7.52. The first-order chi connectivity index (χ1) is 9.61. The average molecular weight is 300 g/mol. The summed E-state index contributed by atoms with van der Waals surface area (Å²) < 4.78 is 5.63. The van der Waals surface area contributed by atoms with E-state index in [-0.39, 0.29) is 18.2 Å². The summed E-state index contributed by atoms with van der Waals surface area (Å²) in [6.45, 7) is 5.09. The summed E-state index contributed by atoms with van der Waals surface area (Å²) in [5.41, 5.74) is 0. The molecule has 1 saturated heterocycles.